The maximum atomic E-state index is 6.97. The van der Waals surface area contributed by atoms with Gasteiger partial charge in [0.05, 0.1) is 11.9 Å². The van der Waals surface area contributed by atoms with Crippen molar-refractivity contribution in [1.29, 1.82) is 5.41 Å². The molecule has 14 heavy (non-hydrogen) atoms. The average Bonchev–Trinajstić information content (AvgIpc) is 2.64. The van der Waals surface area contributed by atoms with Crippen LogP contribution in [0.15, 0.2) is 12.8 Å². The summed E-state index contributed by atoms with van der Waals surface area (Å²) in [6.07, 6.45) is 4.54. The lowest BCUT2D eigenvalue weighted by molar-refractivity contribution is 1.02. The molecule has 1 aromatic rings. The molecule has 0 saturated heterocycles. The summed E-state index contributed by atoms with van der Waals surface area (Å²) in [5, 5.41) is 6.97. The molecule has 1 N–H and O–H groups in total. The molecule has 0 bridgehead atoms. The highest BCUT2D eigenvalue weighted by atomic mass is 15.1. The van der Waals surface area contributed by atoms with Crippen molar-refractivity contribution in [3.8, 4) is 0 Å². The molecule has 0 spiro atoms. The van der Waals surface area contributed by atoms with E-state index in [0.717, 1.165) is 11.5 Å². The van der Waals surface area contributed by atoms with Gasteiger partial charge in [-0.3, -0.25) is 0 Å². The topological polar surface area (TPSA) is 41.7 Å². The van der Waals surface area contributed by atoms with Crippen molar-refractivity contribution in [2.24, 2.45) is 0 Å². The summed E-state index contributed by atoms with van der Waals surface area (Å²) in [5.74, 6) is 0.855. The minimum absolute atomic E-state index is 0.757. The summed E-state index contributed by atoms with van der Waals surface area (Å²) in [6.45, 7) is 13.5. The number of hydrogen-bond acceptors (Lipinski definition) is 2. The van der Waals surface area contributed by atoms with E-state index in [0.29, 0.717) is 0 Å². The van der Waals surface area contributed by atoms with Crippen molar-refractivity contribution < 1.29 is 0 Å². The third kappa shape index (κ3) is 4.03. The van der Waals surface area contributed by atoms with Crippen molar-refractivity contribution >= 4 is 12.4 Å². The van der Waals surface area contributed by atoms with Gasteiger partial charge in [-0.15, -0.1) is 0 Å². The standard InChI is InChI=1S/C7H9N3.2C2H6/c1-3-10-6(2)9-5-7(10)4-8;2*1-2/h3-5,8H,1H2,2H3;2*1-2H3. The molecular formula is C11H21N3. The fourth-order valence-electron chi connectivity index (χ4n) is 0.815. The Morgan fingerprint density at radius 1 is 1.36 bits per heavy atom. The molecule has 1 rings (SSSR count). The average molecular weight is 195 g/mol. The van der Waals surface area contributed by atoms with Crippen molar-refractivity contribution in [1.82, 2.24) is 9.55 Å². The van der Waals surface area contributed by atoms with E-state index in [4.69, 9.17) is 5.41 Å². The molecule has 0 aliphatic rings. The molecule has 0 saturated carbocycles. The molecule has 3 heteroatoms. The molecule has 0 aliphatic carbocycles. The first-order chi connectivity index (χ1) is 6.79. The highest BCUT2D eigenvalue weighted by molar-refractivity contribution is 5.75. The predicted octanol–water partition coefficient (Wildman–Crippen LogP) is 3.34. The molecule has 3 nitrogen and oxygen atoms in total. The van der Waals surface area contributed by atoms with Gasteiger partial charge in [0, 0.05) is 12.4 Å². The van der Waals surface area contributed by atoms with Crippen molar-refractivity contribution in [3.05, 3.63) is 24.3 Å². The fourth-order valence-corrected chi connectivity index (χ4v) is 0.815. The second-order valence-corrected chi connectivity index (χ2v) is 1.93. The summed E-state index contributed by atoms with van der Waals surface area (Å²) in [6, 6.07) is 0. The summed E-state index contributed by atoms with van der Waals surface area (Å²) < 4.78 is 1.76. The van der Waals surface area contributed by atoms with Gasteiger partial charge < -0.3 is 9.98 Å². The molecular weight excluding hydrogens is 174 g/mol. The maximum Gasteiger partial charge on any atom is 0.110 e. The Labute approximate surface area is 87.0 Å². The lowest BCUT2D eigenvalue weighted by atomic mass is 10.5. The molecule has 1 heterocycles. The van der Waals surface area contributed by atoms with E-state index in [1.165, 1.54) is 6.21 Å². The number of nitrogens with one attached hydrogen (secondary N) is 1. The Morgan fingerprint density at radius 3 is 2.14 bits per heavy atom. The van der Waals surface area contributed by atoms with E-state index in [1.807, 2.05) is 34.6 Å². The molecule has 0 aliphatic heterocycles. The van der Waals surface area contributed by atoms with Crippen molar-refractivity contribution in [2.75, 3.05) is 0 Å². The summed E-state index contributed by atoms with van der Waals surface area (Å²) >= 11 is 0. The molecule has 0 amide bonds. The zero-order valence-electron chi connectivity index (χ0n) is 9.83. The van der Waals surface area contributed by atoms with Gasteiger partial charge in [0.15, 0.2) is 0 Å². The zero-order chi connectivity index (χ0) is 11.6. The lowest BCUT2D eigenvalue weighted by Gasteiger charge is -1.96. The number of nitrogens with zero attached hydrogens (tertiary/aromatic N) is 2. The Balaban J connectivity index is 0. The van der Waals surface area contributed by atoms with Crippen LogP contribution in [0, 0.1) is 12.3 Å². The second-order valence-electron chi connectivity index (χ2n) is 1.93. The highest BCUT2D eigenvalue weighted by Gasteiger charge is 1.98. The van der Waals surface area contributed by atoms with Crippen LogP contribution in [0.1, 0.15) is 39.2 Å². The number of imidazole rings is 1. The van der Waals surface area contributed by atoms with Crippen LogP contribution in [0.5, 0.6) is 0 Å². The molecule has 0 atom stereocenters. The minimum Gasteiger partial charge on any atom is -0.307 e. The van der Waals surface area contributed by atoms with Crippen LogP contribution in [0.3, 0.4) is 0 Å². The van der Waals surface area contributed by atoms with E-state index in [9.17, 15) is 0 Å². The molecule has 0 aromatic carbocycles. The number of hydrogen-bond donors (Lipinski definition) is 1. The number of aromatic nitrogens is 2. The van der Waals surface area contributed by atoms with Gasteiger partial charge >= 0.3 is 0 Å². The van der Waals surface area contributed by atoms with E-state index in [2.05, 4.69) is 11.6 Å². The smallest absolute Gasteiger partial charge is 0.110 e. The monoisotopic (exact) mass is 195 g/mol. The van der Waals surface area contributed by atoms with Gasteiger partial charge in [-0.1, -0.05) is 34.3 Å². The first kappa shape index (κ1) is 15.1. The summed E-state index contributed by atoms with van der Waals surface area (Å²) in [7, 11) is 0. The van der Waals surface area contributed by atoms with Gasteiger partial charge in [0.1, 0.15) is 5.82 Å². The van der Waals surface area contributed by atoms with Gasteiger partial charge in [-0.05, 0) is 6.92 Å². The molecule has 0 fully saturated rings. The van der Waals surface area contributed by atoms with E-state index in [1.54, 1.807) is 17.0 Å². The Bertz CT molecular complexity index is 261. The number of rotatable bonds is 2. The Morgan fingerprint density at radius 2 is 1.86 bits per heavy atom. The lowest BCUT2D eigenvalue weighted by Crippen LogP contribution is -1.93. The Hall–Kier alpha value is -1.38. The van der Waals surface area contributed by atoms with Crippen molar-refractivity contribution in [2.45, 2.75) is 34.6 Å². The van der Waals surface area contributed by atoms with Crippen LogP contribution in [0.4, 0.5) is 0 Å². The van der Waals surface area contributed by atoms with Crippen molar-refractivity contribution in [3.63, 3.8) is 0 Å². The maximum absolute atomic E-state index is 6.97. The largest absolute Gasteiger partial charge is 0.307 e. The van der Waals surface area contributed by atoms with E-state index in [-0.39, 0.29) is 0 Å². The fraction of sp³-hybridized carbons (Fsp3) is 0.455. The minimum atomic E-state index is 0.757. The SMILES string of the molecule is C=Cn1c(C=N)cnc1C.CC.CC. The van der Waals surface area contributed by atoms with Crippen LogP contribution in [0.2, 0.25) is 0 Å². The summed E-state index contributed by atoms with van der Waals surface area (Å²) in [5.41, 5.74) is 0.757. The second kappa shape index (κ2) is 9.71. The van der Waals surface area contributed by atoms with Gasteiger partial charge in [0.25, 0.3) is 0 Å². The normalized spacial score (nSPS) is 7.50. The molecule has 1 aromatic heterocycles. The van der Waals surface area contributed by atoms with Gasteiger partial charge in [-0.2, -0.15) is 0 Å². The van der Waals surface area contributed by atoms with Gasteiger partial charge in [-0.25, -0.2) is 4.98 Å². The van der Waals surface area contributed by atoms with Crippen LogP contribution >= 0.6 is 0 Å². The molecule has 0 radical (unpaired) electrons. The highest BCUT2D eigenvalue weighted by Crippen LogP contribution is 2.00. The van der Waals surface area contributed by atoms with E-state index >= 15 is 0 Å². The first-order valence-corrected chi connectivity index (χ1v) is 4.96. The predicted molar refractivity (Wildman–Crippen MR) is 63.9 cm³/mol. The van der Waals surface area contributed by atoms with Crippen LogP contribution < -0.4 is 0 Å². The third-order valence-corrected chi connectivity index (χ3v) is 1.34. The third-order valence-electron chi connectivity index (χ3n) is 1.34. The van der Waals surface area contributed by atoms with Gasteiger partial charge in [0.2, 0.25) is 0 Å². The number of aryl methyl sites for hydroxylation is 1. The Kier molecular flexibility index (Phi) is 10.5. The zero-order valence-corrected chi connectivity index (χ0v) is 9.83. The quantitative estimate of drug-likeness (QED) is 0.722. The first-order valence-electron chi connectivity index (χ1n) is 4.96. The van der Waals surface area contributed by atoms with Crippen LogP contribution in [0.25, 0.3) is 6.20 Å². The molecule has 0 unspecified atom stereocenters. The van der Waals surface area contributed by atoms with Crippen LogP contribution in [-0.4, -0.2) is 15.8 Å². The summed E-state index contributed by atoms with van der Waals surface area (Å²) in [4.78, 5) is 4.00. The van der Waals surface area contributed by atoms with E-state index < -0.39 is 0 Å². The van der Waals surface area contributed by atoms with Crippen LogP contribution in [-0.2, 0) is 0 Å². The molecule has 80 valence electrons.